The Morgan fingerprint density at radius 1 is 1.29 bits per heavy atom. The Balaban J connectivity index is 2.00. The van der Waals surface area contributed by atoms with Crippen molar-refractivity contribution in [2.45, 2.75) is 13.0 Å². The van der Waals surface area contributed by atoms with Crippen LogP contribution < -0.4 is 14.9 Å². The molecule has 1 atom stereocenters. The average molecular weight is 414 g/mol. The van der Waals surface area contributed by atoms with Crippen molar-refractivity contribution in [1.29, 1.82) is 0 Å². The number of hydrogen-bond donors (Lipinski definition) is 0. The topological polar surface area (TPSA) is 60.7 Å². The van der Waals surface area contributed by atoms with Crippen LogP contribution in [0, 0.1) is 5.82 Å². The molecule has 0 unspecified atom stereocenters. The fourth-order valence-electron chi connectivity index (χ4n) is 3.16. The summed E-state index contributed by atoms with van der Waals surface area (Å²) in [6.07, 6.45) is 1.81. The van der Waals surface area contributed by atoms with Crippen molar-refractivity contribution in [3.63, 3.8) is 0 Å². The molecule has 0 saturated heterocycles. The molecule has 4 rings (SSSR count). The van der Waals surface area contributed by atoms with Gasteiger partial charge < -0.3 is 4.74 Å². The number of allylic oxidation sites excluding steroid dienone is 1. The number of aromatic nitrogens is 1. The van der Waals surface area contributed by atoms with Crippen LogP contribution in [0.3, 0.4) is 0 Å². The SMILES string of the molecule is COC(=O)C1=C(C)N=c2sc(=Cc3cccs3)c(=O)n2[C@@H]1c1ccc(F)cc1. The summed E-state index contributed by atoms with van der Waals surface area (Å²) in [5.74, 6) is -0.961. The Morgan fingerprint density at radius 2 is 2.04 bits per heavy atom. The van der Waals surface area contributed by atoms with E-state index in [1.165, 1.54) is 46.5 Å². The zero-order valence-corrected chi connectivity index (χ0v) is 16.6. The summed E-state index contributed by atoms with van der Waals surface area (Å²) in [4.78, 5) is 31.6. The van der Waals surface area contributed by atoms with Crippen LogP contribution in [0.1, 0.15) is 23.4 Å². The summed E-state index contributed by atoms with van der Waals surface area (Å²) in [6.45, 7) is 1.71. The molecule has 3 heterocycles. The van der Waals surface area contributed by atoms with E-state index in [0.29, 0.717) is 20.6 Å². The number of carbonyl (C=O) groups is 1. The third kappa shape index (κ3) is 3.14. The van der Waals surface area contributed by atoms with Crippen molar-refractivity contribution >= 4 is 34.7 Å². The Morgan fingerprint density at radius 3 is 2.68 bits per heavy atom. The van der Waals surface area contributed by atoms with Crippen LogP contribution in [-0.4, -0.2) is 17.6 Å². The molecule has 0 N–H and O–H groups in total. The summed E-state index contributed by atoms with van der Waals surface area (Å²) in [6, 6.07) is 8.85. The third-order valence-electron chi connectivity index (χ3n) is 4.43. The van der Waals surface area contributed by atoms with Crippen LogP contribution in [0.5, 0.6) is 0 Å². The minimum atomic E-state index is -0.727. The maximum atomic E-state index is 13.5. The lowest BCUT2D eigenvalue weighted by Crippen LogP contribution is -2.39. The van der Waals surface area contributed by atoms with E-state index in [9.17, 15) is 14.0 Å². The summed E-state index contributed by atoms with van der Waals surface area (Å²) in [5.41, 5.74) is 1.11. The van der Waals surface area contributed by atoms with Gasteiger partial charge in [0.05, 0.1) is 29.0 Å². The fraction of sp³-hybridized carbons (Fsp3) is 0.150. The van der Waals surface area contributed by atoms with Crippen LogP contribution in [0.25, 0.3) is 6.08 Å². The number of nitrogens with zero attached hydrogens (tertiary/aromatic N) is 2. The molecule has 5 nitrogen and oxygen atoms in total. The standard InChI is InChI=1S/C20H15FN2O3S2/c1-11-16(19(25)26-2)17(12-5-7-13(21)8-6-12)23-18(24)15(28-20(23)22-11)10-14-4-3-9-27-14/h3-10,17H,1-2H3/t17-/m1/s1. The van der Waals surface area contributed by atoms with Gasteiger partial charge in [-0.15, -0.1) is 11.3 Å². The van der Waals surface area contributed by atoms with Crippen LogP contribution in [-0.2, 0) is 9.53 Å². The van der Waals surface area contributed by atoms with Gasteiger partial charge in [0.1, 0.15) is 5.82 Å². The van der Waals surface area contributed by atoms with E-state index in [2.05, 4.69) is 4.99 Å². The van der Waals surface area contributed by atoms with Gasteiger partial charge in [-0.25, -0.2) is 14.2 Å². The molecule has 2 aromatic heterocycles. The molecule has 8 heteroatoms. The minimum absolute atomic E-state index is 0.250. The molecule has 1 aliphatic heterocycles. The Kier molecular flexibility index (Phi) is 4.82. The average Bonchev–Trinajstić information content (AvgIpc) is 3.29. The van der Waals surface area contributed by atoms with Crippen molar-refractivity contribution in [1.82, 2.24) is 4.57 Å². The van der Waals surface area contributed by atoms with E-state index in [1.807, 2.05) is 23.6 Å². The van der Waals surface area contributed by atoms with E-state index < -0.39 is 17.8 Å². The minimum Gasteiger partial charge on any atom is -0.466 e. The molecule has 3 aromatic rings. The highest BCUT2D eigenvalue weighted by atomic mass is 32.1. The predicted octanol–water partition coefficient (Wildman–Crippen LogP) is 2.61. The first-order chi connectivity index (χ1) is 13.5. The lowest BCUT2D eigenvalue weighted by Gasteiger charge is -2.24. The summed E-state index contributed by atoms with van der Waals surface area (Å²) in [7, 11) is 1.28. The Hall–Kier alpha value is -2.84. The van der Waals surface area contributed by atoms with E-state index in [0.717, 1.165) is 4.88 Å². The molecular formula is C20H15FN2O3S2. The lowest BCUT2D eigenvalue weighted by atomic mass is 9.96. The number of halogens is 1. The van der Waals surface area contributed by atoms with Crippen molar-refractivity contribution in [2.75, 3.05) is 7.11 Å². The lowest BCUT2D eigenvalue weighted by molar-refractivity contribution is -0.136. The second-order valence-electron chi connectivity index (χ2n) is 6.14. The van der Waals surface area contributed by atoms with Gasteiger partial charge in [-0.3, -0.25) is 9.36 Å². The van der Waals surface area contributed by atoms with E-state index in [4.69, 9.17) is 4.74 Å². The van der Waals surface area contributed by atoms with E-state index >= 15 is 0 Å². The molecule has 1 aromatic carbocycles. The smallest absolute Gasteiger partial charge is 0.338 e. The summed E-state index contributed by atoms with van der Waals surface area (Å²) >= 11 is 2.79. The Labute approximate surface area is 167 Å². The highest BCUT2D eigenvalue weighted by Crippen LogP contribution is 2.30. The molecule has 0 bridgehead atoms. The molecule has 1 aliphatic rings. The third-order valence-corrected chi connectivity index (χ3v) is 6.23. The summed E-state index contributed by atoms with van der Waals surface area (Å²) in [5, 5.41) is 1.93. The van der Waals surface area contributed by atoms with Crippen LogP contribution in [0.2, 0.25) is 0 Å². The van der Waals surface area contributed by atoms with Crippen molar-refractivity contribution in [3.05, 3.63) is 89.0 Å². The predicted molar refractivity (Wildman–Crippen MR) is 107 cm³/mol. The first kappa shape index (κ1) is 18.5. The number of ether oxygens (including phenoxy) is 1. The van der Waals surface area contributed by atoms with Gasteiger partial charge in [0.2, 0.25) is 0 Å². The zero-order valence-electron chi connectivity index (χ0n) is 15.0. The van der Waals surface area contributed by atoms with Crippen molar-refractivity contribution in [3.8, 4) is 0 Å². The zero-order chi connectivity index (χ0) is 19.8. The Bertz CT molecular complexity index is 1250. The number of esters is 1. The van der Waals surface area contributed by atoms with Gasteiger partial charge in [-0.1, -0.05) is 29.5 Å². The van der Waals surface area contributed by atoms with Gasteiger partial charge in [0, 0.05) is 4.88 Å². The second kappa shape index (κ2) is 7.29. The molecule has 142 valence electrons. The maximum absolute atomic E-state index is 13.5. The van der Waals surface area contributed by atoms with Crippen molar-refractivity contribution < 1.29 is 13.9 Å². The van der Waals surface area contributed by atoms with E-state index in [1.54, 1.807) is 19.1 Å². The molecule has 0 radical (unpaired) electrons. The molecule has 0 fully saturated rings. The molecule has 0 aliphatic carbocycles. The summed E-state index contributed by atoms with van der Waals surface area (Å²) < 4.78 is 20.4. The van der Waals surface area contributed by atoms with Crippen LogP contribution in [0.4, 0.5) is 4.39 Å². The quantitative estimate of drug-likeness (QED) is 0.619. The number of carbonyl (C=O) groups excluding carboxylic acids is 1. The van der Waals surface area contributed by atoms with Gasteiger partial charge in [0.15, 0.2) is 4.80 Å². The highest BCUT2D eigenvalue weighted by Gasteiger charge is 2.33. The normalized spacial score (nSPS) is 16.7. The van der Waals surface area contributed by atoms with Crippen LogP contribution >= 0.6 is 22.7 Å². The molecule has 0 amide bonds. The molecular weight excluding hydrogens is 399 g/mol. The number of thiazole rings is 1. The highest BCUT2D eigenvalue weighted by molar-refractivity contribution is 7.11. The van der Waals surface area contributed by atoms with Crippen LogP contribution in [0.15, 0.2) is 62.8 Å². The maximum Gasteiger partial charge on any atom is 0.338 e. The number of fused-ring (bicyclic) bond motifs is 1. The second-order valence-corrected chi connectivity index (χ2v) is 8.13. The monoisotopic (exact) mass is 414 g/mol. The molecule has 0 spiro atoms. The first-order valence-corrected chi connectivity index (χ1v) is 10.1. The number of thiophene rings is 1. The number of rotatable bonds is 3. The van der Waals surface area contributed by atoms with Crippen molar-refractivity contribution in [2.24, 2.45) is 4.99 Å². The number of benzene rings is 1. The number of methoxy groups -OCH3 is 1. The fourth-order valence-corrected chi connectivity index (χ4v) is 4.93. The van der Waals surface area contributed by atoms with Gasteiger partial charge in [-0.2, -0.15) is 0 Å². The van der Waals surface area contributed by atoms with Gasteiger partial charge in [-0.05, 0) is 42.1 Å². The van der Waals surface area contributed by atoms with Gasteiger partial charge >= 0.3 is 5.97 Å². The number of hydrogen-bond acceptors (Lipinski definition) is 6. The molecule has 28 heavy (non-hydrogen) atoms. The largest absolute Gasteiger partial charge is 0.466 e. The first-order valence-electron chi connectivity index (χ1n) is 8.39. The van der Waals surface area contributed by atoms with Gasteiger partial charge in [0.25, 0.3) is 5.56 Å². The van der Waals surface area contributed by atoms with E-state index in [-0.39, 0.29) is 11.1 Å². The molecule has 0 saturated carbocycles.